The van der Waals surface area contributed by atoms with Crippen LogP contribution in [0.4, 0.5) is 0 Å². The molecule has 0 aliphatic rings. The van der Waals surface area contributed by atoms with E-state index in [1.807, 2.05) is 32.9 Å². The Morgan fingerprint density at radius 1 is 1.10 bits per heavy atom. The van der Waals surface area contributed by atoms with E-state index in [9.17, 15) is 13.2 Å². The van der Waals surface area contributed by atoms with Crippen LogP contribution in [0.25, 0.3) is 10.2 Å². The predicted molar refractivity (Wildman–Crippen MR) is 117 cm³/mol. The molecule has 0 bridgehead atoms. The Kier molecular flexibility index (Phi) is 6.66. The maximum absolute atomic E-state index is 12.6. The summed E-state index contributed by atoms with van der Waals surface area (Å²) in [5.74, 6) is 0.00919. The van der Waals surface area contributed by atoms with E-state index in [2.05, 4.69) is 9.71 Å². The number of sulfonamides is 1. The molecule has 3 aromatic rings. The molecular weight excluding hydrogens is 406 g/mol. The maximum Gasteiger partial charge on any atom is 0.253 e. The van der Waals surface area contributed by atoms with Gasteiger partial charge in [-0.3, -0.25) is 4.79 Å². The number of rotatable bonds is 8. The van der Waals surface area contributed by atoms with Crippen LogP contribution in [0.15, 0.2) is 47.4 Å². The summed E-state index contributed by atoms with van der Waals surface area (Å²) in [5.41, 5.74) is 2.31. The van der Waals surface area contributed by atoms with Crippen LogP contribution in [0.1, 0.15) is 34.8 Å². The van der Waals surface area contributed by atoms with Crippen molar-refractivity contribution in [1.29, 1.82) is 0 Å². The first kappa shape index (κ1) is 21.4. The van der Waals surface area contributed by atoms with Crippen LogP contribution >= 0.6 is 11.3 Å². The number of aromatic nitrogens is 1. The Balaban J connectivity index is 1.61. The first-order valence-corrected chi connectivity index (χ1v) is 11.9. The molecule has 1 aromatic heterocycles. The molecule has 3 rings (SSSR count). The zero-order valence-corrected chi connectivity index (χ0v) is 18.4. The van der Waals surface area contributed by atoms with E-state index in [0.29, 0.717) is 30.6 Å². The second-order valence-electron chi connectivity index (χ2n) is 6.68. The molecule has 1 N–H and O–H groups in total. The van der Waals surface area contributed by atoms with Crippen molar-refractivity contribution < 1.29 is 13.2 Å². The number of hydrogen-bond acceptors (Lipinski definition) is 5. The van der Waals surface area contributed by atoms with Gasteiger partial charge in [-0.05, 0) is 63.1 Å². The average molecular weight is 432 g/mol. The second kappa shape index (κ2) is 9.02. The van der Waals surface area contributed by atoms with E-state index < -0.39 is 10.0 Å². The summed E-state index contributed by atoms with van der Waals surface area (Å²) in [7, 11) is -3.60. The zero-order chi connectivity index (χ0) is 21.0. The summed E-state index contributed by atoms with van der Waals surface area (Å²) < 4.78 is 28.8. The number of nitrogens with one attached hydrogen (secondary N) is 1. The Morgan fingerprint density at radius 3 is 2.45 bits per heavy atom. The third-order valence-corrected chi connectivity index (χ3v) is 7.14. The molecule has 0 spiro atoms. The van der Waals surface area contributed by atoms with E-state index in [1.165, 1.54) is 0 Å². The number of carbonyl (C=O) groups excluding carboxylic acids is 1. The molecule has 0 atom stereocenters. The van der Waals surface area contributed by atoms with Gasteiger partial charge in [0.05, 0.1) is 20.1 Å². The van der Waals surface area contributed by atoms with Crippen molar-refractivity contribution in [2.45, 2.75) is 32.1 Å². The first-order valence-electron chi connectivity index (χ1n) is 9.59. The molecule has 0 fully saturated rings. The predicted octanol–water partition coefficient (Wildman–Crippen LogP) is 3.61. The lowest BCUT2D eigenvalue weighted by Gasteiger charge is -2.18. The van der Waals surface area contributed by atoms with E-state index in [1.54, 1.807) is 46.6 Å². The molecule has 29 heavy (non-hydrogen) atoms. The number of aryl methyl sites for hydroxylation is 1. The van der Waals surface area contributed by atoms with Crippen LogP contribution in [-0.4, -0.2) is 43.8 Å². The van der Waals surface area contributed by atoms with Gasteiger partial charge in [-0.2, -0.15) is 0 Å². The quantitative estimate of drug-likeness (QED) is 0.591. The highest BCUT2D eigenvalue weighted by atomic mass is 32.2. The lowest BCUT2D eigenvalue weighted by Crippen LogP contribution is -2.30. The van der Waals surface area contributed by atoms with E-state index in [-0.39, 0.29) is 17.3 Å². The van der Waals surface area contributed by atoms with Gasteiger partial charge in [0, 0.05) is 25.2 Å². The molecule has 6 nitrogen and oxygen atoms in total. The number of benzene rings is 2. The first-order chi connectivity index (χ1) is 13.8. The third-order valence-electron chi connectivity index (χ3n) is 4.73. The number of amides is 1. The molecule has 0 radical (unpaired) electrons. The average Bonchev–Trinajstić information content (AvgIpc) is 3.08. The largest absolute Gasteiger partial charge is 0.339 e. The van der Waals surface area contributed by atoms with E-state index >= 15 is 0 Å². The van der Waals surface area contributed by atoms with Gasteiger partial charge in [0.1, 0.15) is 0 Å². The van der Waals surface area contributed by atoms with Crippen molar-refractivity contribution in [3.8, 4) is 0 Å². The van der Waals surface area contributed by atoms with Gasteiger partial charge >= 0.3 is 0 Å². The molecule has 1 amide bonds. The van der Waals surface area contributed by atoms with Crippen LogP contribution in [0, 0.1) is 6.92 Å². The number of carbonyl (C=O) groups is 1. The Bertz CT molecular complexity index is 1100. The van der Waals surface area contributed by atoms with Crippen molar-refractivity contribution in [3.63, 3.8) is 0 Å². The highest BCUT2D eigenvalue weighted by Gasteiger charge is 2.16. The van der Waals surface area contributed by atoms with Gasteiger partial charge < -0.3 is 4.90 Å². The Labute approximate surface area is 175 Å². The van der Waals surface area contributed by atoms with Crippen LogP contribution in [0.3, 0.4) is 0 Å². The molecule has 0 unspecified atom stereocenters. The molecule has 154 valence electrons. The fraction of sp³-hybridized carbons (Fsp3) is 0.333. The summed E-state index contributed by atoms with van der Waals surface area (Å²) >= 11 is 1.54. The molecule has 0 saturated carbocycles. The molecular formula is C21H25N3O3S2. The van der Waals surface area contributed by atoms with Gasteiger partial charge in [-0.15, -0.1) is 11.3 Å². The molecule has 8 heteroatoms. The summed E-state index contributed by atoms with van der Waals surface area (Å²) in [6, 6.07) is 12.3. The van der Waals surface area contributed by atoms with E-state index in [0.717, 1.165) is 15.3 Å². The topological polar surface area (TPSA) is 79.4 Å². The molecule has 1 heterocycles. The summed E-state index contributed by atoms with van der Waals surface area (Å²) in [6.07, 6.45) is 0.539. The van der Waals surface area contributed by atoms with Crippen molar-refractivity contribution >= 4 is 37.5 Å². The van der Waals surface area contributed by atoms with Crippen LogP contribution in [0.2, 0.25) is 0 Å². The van der Waals surface area contributed by atoms with Gasteiger partial charge in [-0.1, -0.05) is 12.1 Å². The lowest BCUT2D eigenvalue weighted by atomic mass is 10.1. The third kappa shape index (κ3) is 5.01. The number of nitrogens with zero attached hydrogens (tertiary/aromatic N) is 2. The minimum Gasteiger partial charge on any atom is -0.339 e. The monoisotopic (exact) mass is 431 g/mol. The van der Waals surface area contributed by atoms with Crippen molar-refractivity contribution in [2.75, 3.05) is 19.6 Å². The highest BCUT2D eigenvalue weighted by Crippen LogP contribution is 2.24. The number of thiazole rings is 1. The van der Waals surface area contributed by atoms with Gasteiger partial charge in [0.2, 0.25) is 10.0 Å². The highest BCUT2D eigenvalue weighted by molar-refractivity contribution is 7.89. The van der Waals surface area contributed by atoms with E-state index in [4.69, 9.17) is 0 Å². The summed E-state index contributed by atoms with van der Waals surface area (Å²) in [6.45, 7) is 7.43. The minimum absolute atomic E-state index is 0.00919. The van der Waals surface area contributed by atoms with Crippen molar-refractivity contribution in [1.82, 2.24) is 14.6 Å². The summed E-state index contributed by atoms with van der Waals surface area (Å²) in [4.78, 5) is 18.7. The zero-order valence-electron chi connectivity index (χ0n) is 16.8. The van der Waals surface area contributed by atoms with Crippen LogP contribution < -0.4 is 4.72 Å². The molecule has 2 aromatic carbocycles. The normalized spacial score (nSPS) is 11.7. The second-order valence-corrected chi connectivity index (χ2v) is 9.69. The molecule has 0 aliphatic heterocycles. The molecule has 0 aliphatic carbocycles. The molecule has 0 saturated heterocycles. The smallest absolute Gasteiger partial charge is 0.253 e. The summed E-state index contributed by atoms with van der Waals surface area (Å²) in [5, 5.41) is 0.908. The standard InChI is InChI=1S/C21H25N3O3S2/c1-4-24(5-2)21(25)17-8-6-16(7-9-17)12-13-22-29(26,27)18-10-11-20-19(14-18)23-15(3)28-20/h6-11,14,22H,4-5,12-13H2,1-3H3. The fourth-order valence-corrected chi connectivity index (χ4v) is 4.97. The maximum atomic E-state index is 12.6. The van der Waals surface area contributed by atoms with Crippen LogP contribution in [-0.2, 0) is 16.4 Å². The lowest BCUT2D eigenvalue weighted by molar-refractivity contribution is 0.0773. The number of fused-ring (bicyclic) bond motifs is 1. The number of hydrogen-bond donors (Lipinski definition) is 1. The Morgan fingerprint density at radius 2 is 1.79 bits per heavy atom. The van der Waals surface area contributed by atoms with Gasteiger partial charge in [0.15, 0.2) is 0 Å². The fourth-order valence-electron chi connectivity index (χ4n) is 3.11. The van der Waals surface area contributed by atoms with Gasteiger partial charge in [0.25, 0.3) is 5.91 Å². The van der Waals surface area contributed by atoms with Crippen LogP contribution in [0.5, 0.6) is 0 Å². The van der Waals surface area contributed by atoms with Crippen molar-refractivity contribution in [3.05, 3.63) is 58.6 Å². The Hall–Kier alpha value is -2.29. The van der Waals surface area contributed by atoms with Gasteiger partial charge in [-0.25, -0.2) is 18.1 Å². The SMILES string of the molecule is CCN(CC)C(=O)c1ccc(CCNS(=O)(=O)c2ccc3sc(C)nc3c2)cc1. The minimum atomic E-state index is -3.60. The van der Waals surface area contributed by atoms with Crippen molar-refractivity contribution in [2.24, 2.45) is 0 Å².